The predicted molar refractivity (Wildman–Crippen MR) is 125 cm³/mol. The molecule has 0 aliphatic heterocycles. The van der Waals surface area contributed by atoms with Crippen molar-refractivity contribution >= 4 is 20.5 Å². The lowest BCUT2D eigenvalue weighted by atomic mass is 10.3. The van der Waals surface area contributed by atoms with E-state index in [4.69, 9.17) is 30.4 Å². The normalized spacial score (nSPS) is 12.2. The van der Waals surface area contributed by atoms with Crippen molar-refractivity contribution in [3.8, 4) is 0 Å². The van der Waals surface area contributed by atoms with Crippen LogP contribution in [0.3, 0.4) is 0 Å². The highest BCUT2D eigenvalue weighted by Gasteiger charge is 2.23. The lowest BCUT2D eigenvalue weighted by Gasteiger charge is -2.29. The Morgan fingerprint density at radius 1 is 0.714 bits per heavy atom. The van der Waals surface area contributed by atoms with Gasteiger partial charge >= 0.3 is 0 Å². The minimum absolute atomic E-state index is 0.284. The summed E-state index contributed by atoms with van der Waals surface area (Å²) in [5.41, 5.74) is 10.1. The molecule has 6 N–H and O–H groups in total. The first-order valence-corrected chi connectivity index (χ1v) is 12.6. The van der Waals surface area contributed by atoms with Crippen LogP contribution in [0.5, 0.6) is 0 Å². The van der Waals surface area contributed by atoms with Gasteiger partial charge in [-0.05, 0) is 52.6 Å². The molecule has 0 aromatic rings. The zero-order valence-electron chi connectivity index (χ0n) is 19.3. The van der Waals surface area contributed by atoms with Crippen LogP contribution in [0.1, 0.15) is 39.5 Å². The average molecular weight is 441 g/mol. The van der Waals surface area contributed by atoms with Crippen LogP contribution in [0.2, 0.25) is 0 Å². The fourth-order valence-corrected chi connectivity index (χ4v) is 3.89. The number of hydrogen-bond acceptors (Lipinski definition) is 8. The van der Waals surface area contributed by atoms with Gasteiger partial charge < -0.3 is 41.0 Å². The molecule has 0 aliphatic carbocycles. The van der Waals surface area contributed by atoms with Crippen LogP contribution in [0.15, 0.2) is 0 Å². The van der Waals surface area contributed by atoms with E-state index in [2.05, 4.69) is 10.6 Å². The number of methoxy groups -OCH3 is 2. The van der Waals surface area contributed by atoms with Crippen molar-refractivity contribution in [3.63, 3.8) is 0 Å². The molecular formula is C18H48N4O4Si2. The van der Waals surface area contributed by atoms with Crippen molar-refractivity contribution in [1.82, 2.24) is 10.6 Å². The molecule has 0 aromatic heterocycles. The van der Waals surface area contributed by atoms with Crippen LogP contribution in [-0.2, 0) is 18.9 Å². The number of nitrogens with one attached hydrogen (secondary N) is 2. The Hall–Kier alpha value is 0.114. The number of rotatable bonds is 18. The molecule has 0 fully saturated rings. The summed E-state index contributed by atoms with van der Waals surface area (Å²) in [4.78, 5) is 0. The average Bonchev–Trinajstić information content (AvgIpc) is 2.68. The smallest absolute Gasteiger partial charge is 0.141 e. The Morgan fingerprint density at radius 3 is 1.43 bits per heavy atom. The Bertz CT molecular complexity index is 322. The van der Waals surface area contributed by atoms with Gasteiger partial charge in [0.15, 0.2) is 0 Å². The molecule has 0 aromatic carbocycles. The van der Waals surface area contributed by atoms with Gasteiger partial charge in [0.05, 0.1) is 20.5 Å². The van der Waals surface area contributed by atoms with Crippen LogP contribution in [-0.4, -0.2) is 98.0 Å². The summed E-state index contributed by atoms with van der Waals surface area (Å²) in [5.74, 6) is 0. The topological polar surface area (TPSA) is 113 Å². The largest absolute Gasteiger partial charge is 0.358 e. The third-order valence-corrected chi connectivity index (χ3v) is 6.77. The SMILES string of the molecule is CCOC([SiH3])(CCCNCCN)OCC.COC([SiH3])(CCCNCCN)OC. The highest BCUT2D eigenvalue weighted by molar-refractivity contribution is 6.13. The molecule has 0 atom stereocenters. The van der Waals surface area contributed by atoms with Gasteiger partial charge in [0.25, 0.3) is 0 Å². The second-order valence-corrected chi connectivity index (χ2v) is 9.87. The first kappa shape index (κ1) is 30.3. The second-order valence-electron chi connectivity index (χ2n) is 6.83. The van der Waals surface area contributed by atoms with Gasteiger partial charge in [0.2, 0.25) is 0 Å². The van der Waals surface area contributed by atoms with Crippen molar-refractivity contribution in [3.05, 3.63) is 0 Å². The number of nitrogens with two attached hydrogens (primary N) is 2. The van der Waals surface area contributed by atoms with Crippen LogP contribution in [0, 0.1) is 0 Å². The monoisotopic (exact) mass is 440 g/mol. The van der Waals surface area contributed by atoms with Crippen LogP contribution in [0.4, 0.5) is 0 Å². The van der Waals surface area contributed by atoms with E-state index >= 15 is 0 Å². The fourth-order valence-electron chi connectivity index (χ4n) is 2.61. The highest BCUT2D eigenvalue weighted by Crippen LogP contribution is 2.15. The molecule has 0 rings (SSSR count). The number of ether oxygens (including phenoxy) is 4. The van der Waals surface area contributed by atoms with Gasteiger partial charge in [-0.3, -0.25) is 0 Å². The summed E-state index contributed by atoms with van der Waals surface area (Å²) < 4.78 is 21.9. The molecule has 0 bridgehead atoms. The van der Waals surface area contributed by atoms with Gasteiger partial charge in [-0.2, -0.15) is 0 Å². The molecule has 28 heavy (non-hydrogen) atoms. The molecule has 0 spiro atoms. The molecule has 0 amide bonds. The Morgan fingerprint density at radius 2 is 1.11 bits per heavy atom. The lowest BCUT2D eigenvalue weighted by Crippen LogP contribution is -2.37. The van der Waals surface area contributed by atoms with Crippen molar-refractivity contribution < 1.29 is 18.9 Å². The molecule has 0 saturated heterocycles. The molecule has 0 aliphatic rings. The zero-order valence-corrected chi connectivity index (χ0v) is 23.3. The molecular weight excluding hydrogens is 392 g/mol. The maximum Gasteiger partial charge on any atom is 0.141 e. The maximum atomic E-state index is 5.66. The first-order chi connectivity index (χ1) is 13.4. The fraction of sp³-hybridized carbons (Fsp3) is 1.00. The van der Waals surface area contributed by atoms with Gasteiger partial charge in [0, 0.05) is 53.6 Å². The Balaban J connectivity index is 0. The van der Waals surface area contributed by atoms with E-state index in [1.165, 1.54) is 0 Å². The van der Waals surface area contributed by atoms with E-state index in [1.54, 1.807) is 14.2 Å². The minimum Gasteiger partial charge on any atom is -0.358 e. The maximum absolute atomic E-state index is 5.66. The highest BCUT2D eigenvalue weighted by atomic mass is 28.2. The van der Waals surface area contributed by atoms with Crippen LogP contribution >= 0.6 is 0 Å². The van der Waals surface area contributed by atoms with E-state index in [0.717, 1.165) is 85.6 Å². The molecule has 0 unspecified atom stereocenters. The summed E-state index contributed by atoms with van der Waals surface area (Å²) >= 11 is 0. The Kier molecular flexibility index (Phi) is 22.1. The predicted octanol–water partition coefficient (Wildman–Crippen LogP) is -1.97. The quantitative estimate of drug-likeness (QED) is 0.110. The summed E-state index contributed by atoms with van der Waals surface area (Å²) in [6, 6.07) is 0. The standard InChI is InChI=1S/C10H26N2O2Si.C8H22N2O2Si/c1-3-13-10(15,14-4-2)6-5-8-12-9-7-11;1-11-8(13,12-2)4-3-6-10-7-5-9/h12H,3-9,11H2,1-2,15H3;10H,3-7,9H2,1-2,13H3. The zero-order chi connectivity index (χ0) is 21.7. The molecule has 8 nitrogen and oxygen atoms in total. The van der Waals surface area contributed by atoms with Gasteiger partial charge in [-0.25, -0.2) is 0 Å². The van der Waals surface area contributed by atoms with Crippen molar-refractivity contribution in [2.75, 3.05) is 66.7 Å². The van der Waals surface area contributed by atoms with E-state index in [9.17, 15) is 0 Å². The van der Waals surface area contributed by atoms with Crippen LogP contribution in [0.25, 0.3) is 0 Å². The molecule has 10 heteroatoms. The summed E-state index contributed by atoms with van der Waals surface area (Å²) in [5, 5.41) is 6.51. The van der Waals surface area contributed by atoms with Crippen molar-refractivity contribution in [2.45, 2.75) is 50.4 Å². The molecule has 172 valence electrons. The molecule has 0 heterocycles. The summed E-state index contributed by atoms with van der Waals surface area (Å²) in [6.07, 6.45) is 4.05. The Labute approximate surface area is 179 Å². The van der Waals surface area contributed by atoms with Crippen molar-refractivity contribution in [2.24, 2.45) is 11.5 Å². The van der Waals surface area contributed by atoms with Gasteiger partial charge in [-0.1, -0.05) is 0 Å². The third kappa shape index (κ3) is 18.2. The molecule has 0 saturated carbocycles. The second kappa shape index (κ2) is 20.4. The number of hydrogen-bond donors (Lipinski definition) is 4. The van der Waals surface area contributed by atoms with Gasteiger partial charge in [-0.15, -0.1) is 0 Å². The van der Waals surface area contributed by atoms with Crippen molar-refractivity contribution in [1.29, 1.82) is 0 Å². The van der Waals surface area contributed by atoms with E-state index in [-0.39, 0.29) is 10.8 Å². The third-order valence-electron chi connectivity index (χ3n) is 4.37. The minimum atomic E-state index is -0.301. The van der Waals surface area contributed by atoms with E-state index in [0.29, 0.717) is 13.1 Å². The first-order valence-electron chi connectivity index (χ1n) is 10.6. The van der Waals surface area contributed by atoms with E-state index in [1.807, 2.05) is 13.8 Å². The summed E-state index contributed by atoms with van der Waals surface area (Å²) in [6.45, 7) is 10.6. The lowest BCUT2D eigenvalue weighted by molar-refractivity contribution is -0.177. The summed E-state index contributed by atoms with van der Waals surface area (Å²) in [7, 11) is 5.20. The molecule has 0 radical (unpaired) electrons. The van der Waals surface area contributed by atoms with Gasteiger partial charge in [0.1, 0.15) is 10.8 Å². The van der Waals surface area contributed by atoms with Crippen LogP contribution < -0.4 is 22.1 Å². The van der Waals surface area contributed by atoms with E-state index < -0.39 is 0 Å².